The third-order valence-corrected chi connectivity index (χ3v) is 4.13. The third kappa shape index (κ3) is 5.22. The van der Waals surface area contributed by atoms with Crippen molar-refractivity contribution in [3.63, 3.8) is 0 Å². The van der Waals surface area contributed by atoms with E-state index in [1.54, 1.807) is 0 Å². The molecule has 0 aromatic rings. The summed E-state index contributed by atoms with van der Waals surface area (Å²) in [4.78, 5) is 5.11. The summed E-state index contributed by atoms with van der Waals surface area (Å²) in [5.74, 6) is 0. The van der Waals surface area contributed by atoms with Crippen molar-refractivity contribution in [1.29, 1.82) is 0 Å². The minimum absolute atomic E-state index is 0.251. The summed E-state index contributed by atoms with van der Waals surface area (Å²) in [7, 11) is 0. The van der Waals surface area contributed by atoms with Crippen molar-refractivity contribution in [2.45, 2.75) is 45.7 Å². The van der Waals surface area contributed by atoms with Crippen LogP contribution in [0, 0.1) is 0 Å². The predicted molar refractivity (Wildman–Crippen MR) is 76.9 cm³/mol. The number of nitrogens with zero attached hydrogens (tertiary/aromatic N) is 2. The second-order valence-electron chi connectivity index (χ2n) is 5.36. The first-order valence-electron chi connectivity index (χ1n) is 7.51. The standard InChI is InChI=1S/C14H31N3O/c1-4-13(3)17-10-8-16(9-11-17)7-6-14(12-18)15-5-2/h13-15,18H,4-12H2,1-3H3. The fourth-order valence-electron chi connectivity index (χ4n) is 2.57. The van der Waals surface area contributed by atoms with E-state index in [0.29, 0.717) is 0 Å². The van der Waals surface area contributed by atoms with Crippen LogP contribution in [0.5, 0.6) is 0 Å². The molecule has 108 valence electrons. The average molecular weight is 257 g/mol. The van der Waals surface area contributed by atoms with Gasteiger partial charge in [-0.15, -0.1) is 0 Å². The van der Waals surface area contributed by atoms with Gasteiger partial charge in [-0.2, -0.15) is 0 Å². The molecule has 2 unspecified atom stereocenters. The Bertz CT molecular complexity index is 205. The monoisotopic (exact) mass is 257 g/mol. The topological polar surface area (TPSA) is 38.7 Å². The van der Waals surface area contributed by atoms with E-state index in [0.717, 1.165) is 25.6 Å². The van der Waals surface area contributed by atoms with Gasteiger partial charge in [0, 0.05) is 38.3 Å². The van der Waals surface area contributed by atoms with E-state index in [1.165, 1.54) is 32.6 Å². The second kappa shape index (κ2) is 8.86. The van der Waals surface area contributed by atoms with Crippen LogP contribution in [-0.4, -0.2) is 72.9 Å². The summed E-state index contributed by atoms with van der Waals surface area (Å²) >= 11 is 0. The maximum Gasteiger partial charge on any atom is 0.0585 e. The molecule has 0 saturated carbocycles. The van der Waals surface area contributed by atoms with Crippen molar-refractivity contribution in [2.75, 3.05) is 45.9 Å². The summed E-state index contributed by atoms with van der Waals surface area (Å²) < 4.78 is 0. The normalized spacial score (nSPS) is 22.0. The molecule has 1 aliphatic heterocycles. The predicted octanol–water partition coefficient (Wildman–Crippen LogP) is 0.763. The van der Waals surface area contributed by atoms with Crippen LogP contribution >= 0.6 is 0 Å². The molecule has 0 aliphatic carbocycles. The van der Waals surface area contributed by atoms with Crippen molar-refractivity contribution in [2.24, 2.45) is 0 Å². The zero-order chi connectivity index (χ0) is 13.4. The maximum absolute atomic E-state index is 9.24. The molecule has 0 spiro atoms. The van der Waals surface area contributed by atoms with Crippen LogP contribution in [0.3, 0.4) is 0 Å². The number of rotatable bonds is 8. The number of aliphatic hydroxyl groups is 1. The Morgan fingerprint density at radius 3 is 2.33 bits per heavy atom. The summed E-state index contributed by atoms with van der Waals surface area (Å²) in [5.41, 5.74) is 0. The van der Waals surface area contributed by atoms with Gasteiger partial charge in [-0.25, -0.2) is 0 Å². The number of hydrogen-bond acceptors (Lipinski definition) is 4. The summed E-state index contributed by atoms with van der Waals surface area (Å²) in [5, 5.41) is 12.6. The van der Waals surface area contributed by atoms with Gasteiger partial charge in [0.05, 0.1) is 6.61 Å². The molecule has 1 heterocycles. The summed E-state index contributed by atoms with van der Waals surface area (Å²) in [6, 6.07) is 0.988. The van der Waals surface area contributed by atoms with Gasteiger partial charge in [-0.3, -0.25) is 4.90 Å². The van der Waals surface area contributed by atoms with Crippen molar-refractivity contribution in [1.82, 2.24) is 15.1 Å². The Labute approximate surface area is 112 Å². The molecule has 1 aliphatic rings. The van der Waals surface area contributed by atoms with Crippen molar-refractivity contribution in [3.05, 3.63) is 0 Å². The first-order chi connectivity index (χ1) is 8.71. The van der Waals surface area contributed by atoms with E-state index in [4.69, 9.17) is 0 Å². The molecule has 1 saturated heterocycles. The van der Waals surface area contributed by atoms with Crippen LogP contribution in [0.15, 0.2) is 0 Å². The number of aliphatic hydroxyl groups excluding tert-OH is 1. The number of hydrogen-bond donors (Lipinski definition) is 2. The number of nitrogens with one attached hydrogen (secondary N) is 1. The lowest BCUT2D eigenvalue weighted by atomic mass is 10.1. The van der Waals surface area contributed by atoms with Crippen LogP contribution in [0.4, 0.5) is 0 Å². The molecule has 0 bridgehead atoms. The van der Waals surface area contributed by atoms with E-state index < -0.39 is 0 Å². The molecule has 1 fully saturated rings. The highest BCUT2D eigenvalue weighted by atomic mass is 16.3. The zero-order valence-electron chi connectivity index (χ0n) is 12.4. The Balaban J connectivity index is 2.19. The molecule has 4 heteroatoms. The molecule has 0 aromatic heterocycles. The minimum Gasteiger partial charge on any atom is -0.395 e. The van der Waals surface area contributed by atoms with Crippen LogP contribution in [-0.2, 0) is 0 Å². The van der Waals surface area contributed by atoms with Crippen molar-refractivity contribution >= 4 is 0 Å². The Morgan fingerprint density at radius 1 is 1.17 bits per heavy atom. The van der Waals surface area contributed by atoms with Gasteiger partial charge in [-0.1, -0.05) is 13.8 Å². The largest absolute Gasteiger partial charge is 0.395 e. The fourth-order valence-corrected chi connectivity index (χ4v) is 2.57. The van der Waals surface area contributed by atoms with Crippen LogP contribution in [0.25, 0.3) is 0 Å². The smallest absolute Gasteiger partial charge is 0.0585 e. The van der Waals surface area contributed by atoms with Crippen molar-refractivity contribution < 1.29 is 5.11 Å². The molecule has 18 heavy (non-hydrogen) atoms. The SMILES string of the molecule is CCNC(CO)CCN1CCN(C(C)CC)CC1. The molecule has 1 rings (SSSR count). The lowest BCUT2D eigenvalue weighted by Crippen LogP contribution is -2.50. The van der Waals surface area contributed by atoms with Gasteiger partial charge >= 0.3 is 0 Å². The van der Waals surface area contributed by atoms with Gasteiger partial charge in [-0.05, 0) is 32.9 Å². The highest BCUT2D eigenvalue weighted by Crippen LogP contribution is 2.09. The molecule has 0 aromatic carbocycles. The number of piperazine rings is 1. The maximum atomic E-state index is 9.24. The number of likely N-dealkylation sites (N-methyl/N-ethyl adjacent to an activating group) is 1. The molecule has 0 amide bonds. The lowest BCUT2D eigenvalue weighted by Gasteiger charge is -2.38. The van der Waals surface area contributed by atoms with E-state index in [-0.39, 0.29) is 12.6 Å². The Hall–Kier alpha value is -0.160. The highest BCUT2D eigenvalue weighted by molar-refractivity contribution is 4.77. The first kappa shape index (κ1) is 15.9. The van der Waals surface area contributed by atoms with Gasteiger partial charge in [0.2, 0.25) is 0 Å². The molecule has 2 atom stereocenters. The van der Waals surface area contributed by atoms with Crippen LogP contribution < -0.4 is 5.32 Å². The van der Waals surface area contributed by atoms with E-state index in [9.17, 15) is 5.11 Å². The van der Waals surface area contributed by atoms with Gasteiger partial charge in [0.25, 0.3) is 0 Å². The van der Waals surface area contributed by atoms with E-state index in [2.05, 4.69) is 35.9 Å². The minimum atomic E-state index is 0.251. The average Bonchev–Trinajstić information content (AvgIpc) is 2.43. The van der Waals surface area contributed by atoms with E-state index in [1.807, 2.05) is 0 Å². The molecule has 4 nitrogen and oxygen atoms in total. The molecule has 0 radical (unpaired) electrons. The Morgan fingerprint density at radius 2 is 1.83 bits per heavy atom. The quantitative estimate of drug-likeness (QED) is 0.673. The lowest BCUT2D eigenvalue weighted by molar-refractivity contribution is 0.0954. The summed E-state index contributed by atoms with van der Waals surface area (Å²) in [6.07, 6.45) is 2.29. The second-order valence-corrected chi connectivity index (χ2v) is 5.36. The van der Waals surface area contributed by atoms with Gasteiger partial charge < -0.3 is 15.3 Å². The van der Waals surface area contributed by atoms with Gasteiger partial charge in [0.1, 0.15) is 0 Å². The van der Waals surface area contributed by atoms with Crippen molar-refractivity contribution in [3.8, 4) is 0 Å². The van der Waals surface area contributed by atoms with E-state index >= 15 is 0 Å². The van der Waals surface area contributed by atoms with Crippen LogP contribution in [0.2, 0.25) is 0 Å². The van der Waals surface area contributed by atoms with Crippen LogP contribution in [0.1, 0.15) is 33.6 Å². The highest BCUT2D eigenvalue weighted by Gasteiger charge is 2.20. The zero-order valence-corrected chi connectivity index (χ0v) is 12.4. The summed E-state index contributed by atoms with van der Waals surface area (Å²) in [6.45, 7) is 13.7. The Kier molecular flexibility index (Phi) is 7.82. The molecule has 2 N–H and O–H groups in total. The fraction of sp³-hybridized carbons (Fsp3) is 1.00. The first-order valence-corrected chi connectivity index (χ1v) is 7.51. The van der Waals surface area contributed by atoms with Gasteiger partial charge in [0.15, 0.2) is 0 Å². The molecular weight excluding hydrogens is 226 g/mol. The molecular formula is C14H31N3O. The third-order valence-electron chi connectivity index (χ3n) is 4.13.